The molecule has 1 aromatic heterocycles. The van der Waals surface area contributed by atoms with E-state index in [1.807, 2.05) is 0 Å². The summed E-state index contributed by atoms with van der Waals surface area (Å²) in [4.78, 5) is 3.04. The second-order valence-electron chi connectivity index (χ2n) is 5.66. The highest BCUT2D eigenvalue weighted by Crippen LogP contribution is 2.30. The van der Waals surface area contributed by atoms with E-state index in [9.17, 15) is 0 Å². The minimum atomic E-state index is 0.601. The third-order valence-electron chi connectivity index (χ3n) is 4.31. The summed E-state index contributed by atoms with van der Waals surface area (Å²) in [5.74, 6) is 0. The lowest BCUT2D eigenvalue weighted by Crippen LogP contribution is -2.40. The van der Waals surface area contributed by atoms with Gasteiger partial charge in [-0.25, -0.2) is 0 Å². The van der Waals surface area contributed by atoms with Crippen molar-refractivity contribution in [1.29, 1.82) is 0 Å². The first-order valence-electron chi connectivity index (χ1n) is 7.66. The first kappa shape index (κ1) is 16.3. The Morgan fingerprint density at radius 1 is 1.35 bits per heavy atom. The first-order valence-corrected chi connectivity index (χ1v) is 8.96. The Kier molecular flexibility index (Phi) is 5.94. The number of alkyl halides is 1. The van der Waals surface area contributed by atoms with Crippen molar-refractivity contribution in [2.24, 2.45) is 0 Å². The number of hydrogen-bond acceptors (Lipinski definition) is 2. The van der Waals surface area contributed by atoms with Gasteiger partial charge in [0.1, 0.15) is 0 Å². The Bertz CT molecular complexity index is 447. The largest absolute Gasteiger partial charge is 0.296 e. The fraction of sp³-hybridized carbons (Fsp3) is 0.800. The maximum absolute atomic E-state index is 6.51. The van der Waals surface area contributed by atoms with Gasteiger partial charge in [-0.15, -0.1) is 0 Å². The third kappa shape index (κ3) is 3.40. The summed E-state index contributed by atoms with van der Waals surface area (Å²) in [6.45, 7) is 6.00. The molecule has 5 heteroatoms. The lowest BCUT2D eigenvalue weighted by Gasteiger charge is -2.35. The molecule has 0 saturated heterocycles. The lowest BCUT2D eigenvalue weighted by molar-refractivity contribution is 0.188. The van der Waals surface area contributed by atoms with Gasteiger partial charge in [-0.2, -0.15) is 5.10 Å². The van der Waals surface area contributed by atoms with Crippen LogP contribution in [0, 0.1) is 0 Å². The van der Waals surface area contributed by atoms with Crippen molar-refractivity contribution in [2.75, 3.05) is 7.05 Å². The number of hydrogen-bond donors (Lipinski definition) is 0. The second kappa shape index (κ2) is 7.28. The van der Waals surface area contributed by atoms with E-state index in [-0.39, 0.29) is 0 Å². The summed E-state index contributed by atoms with van der Waals surface area (Å²) in [5.41, 5.74) is 2.19. The number of halogens is 2. The fourth-order valence-corrected chi connectivity index (χ4v) is 4.40. The summed E-state index contributed by atoms with van der Waals surface area (Å²) in [7, 11) is 2.21. The minimum Gasteiger partial charge on any atom is -0.296 e. The SMILES string of the molecule is CCc1nn(CC)c(CN(C)C2CCCCC2Br)c1Cl. The highest BCUT2D eigenvalue weighted by molar-refractivity contribution is 9.09. The van der Waals surface area contributed by atoms with E-state index in [1.54, 1.807) is 0 Å². The molecule has 114 valence electrons. The van der Waals surface area contributed by atoms with Crippen LogP contribution in [0.25, 0.3) is 0 Å². The van der Waals surface area contributed by atoms with Crippen LogP contribution in [-0.2, 0) is 19.5 Å². The van der Waals surface area contributed by atoms with Gasteiger partial charge >= 0.3 is 0 Å². The van der Waals surface area contributed by atoms with Crippen molar-refractivity contribution < 1.29 is 0 Å². The minimum absolute atomic E-state index is 0.601. The van der Waals surface area contributed by atoms with Crippen molar-refractivity contribution >= 4 is 27.5 Å². The van der Waals surface area contributed by atoms with Gasteiger partial charge in [0.2, 0.25) is 0 Å². The van der Waals surface area contributed by atoms with Crippen LogP contribution in [0.2, 0.25) is 5.02 Å². The van der Waals surface area contributed by atoms with Crippen LogP contribution in [0.3, 0.4) is 0 Å². The van der Waals surface area contributed by atoms with Crippen molar-refractivity contribution in [3.8, 4) is 0 Å². The van der Waals surface area contributed by atoms with Gasteiger partial charge in [-0.3, -0.25) is 9.58 Å². The van der Waals surface area contributed by atoms with Gasteiger partial charge in [0.25, 0.3) is 0 Å². The van der Waals surface area contributed by atoms with Crippen LogP contribution >= 0.6 is 27.5 Å². The summed E-state index contributed by atoms with van der Waals surface area (Å²) in [6, 6.07) is 0.602. The number of aromatic nitrogens is 2. The fourth-order valence-electron chi connectivity index (χ4n) is 3.08. The zero-order valence-corrected chi connectivity index (χ0v) is 15.0. The number of rotatable bonds is 5. The van der Waals surface area contributed by atoms with E-state index in [1.165, 1.54) is 31.4 Å². The molecule has 0 spiro atoms. The molecule has 0 bridgehead atoms. The predicted octanol–water partition coefficient (Wildman–Crippen LogP) is 4.26. The monoisotopic (exact) mass is 361 g/mol. The molecular weight excluding hydrogens is 338 g/mol. The number of nitrogens with zero attached hydrogens (tertiary/aromatic N) is 3. The van der Waals surface area contributed by atoms with E-state index >= 15 is 0 Å². The molecule has 0 aromatic carbocycles. The maximum atomic E-state index is 6.51. The van der Waals surface area contributed by atoms with Crippen molar-refractivity contribution in [1.82, 2.24) is 14.7 Å². The van der Waals surface area contributed by atoms with Crippen LogP contribution in [0.15, 0.2) is 0 Å². The van der Waals surface area contributed by atoms with Crippen LogP contribution in [-0.4, -0.2) is 32.6 Å². The Balaban J connectivity index is 2.14. The molecule has 2 unspecified atom stereocenters. The Hall–Kier alpha value is -0.0600. The smallest absolute Gasteiger partial charge is 0.0863 e. The quantitative estimate of drug-likeness (QED) is 0.730. The number of aryl methyl sites for hydroxylation is 2. The molecule has 2 atom stereocenters. The normalized spacial score (nSPS) is 23.5. The molecule has 1 aromatic rings. The average Bonchev–Trinajstić information content (AvgIpc) is 2.75. The van der Waals surface area contributed by atoms with E-state index < -0.39 is 0 Å². The van der Waals surface area contributed by atoms with E-state index in [4.69, 9.17) is 11.6 Å². The molecule has 3 nitrogen and oxygen atoms in total. The highest BCUT2D eigenvalue weighted by Gasteiger charge is 2.27. The van der Waals surface area contributed by atoms with Crippen LogP contribution in [0.5, 0.6) is 0 Å². The second-order valence-corrected chi connectivity index (χ2v) is 7.21. The maximum Gasteiger partial charge on any atom is 0.0863 e. The van der Waals surface area contributed by atoms with E-state index in [0.29, 0.717) is 10.9 Å². The lowest BCUT2D eigenvalue weighted by atomic mass is 9.94. The van der Waals surface area contributed by atoms with Gasteiger partial charge < -0.3 is 0 Å². The summed E-state index contributed by atoms with van der Waals surface area (Å²) in [6.07, 6.45) is 6.11. The zero-order valence-electron chi connectivity index (χ0n) is 12.7. The van der Waals surface area contributed by atoms with Crippen molar-refractivity contribution in [3.63, 3.8) is 0 Å². The molecule has 0 radical (unpaired) electrons. The van der Waals surface area contributed by atoms with Crippen molar-refractivity contribution in [2.45, 2.75) is 69.9 Å². The first-order chi connectivity index (χ1) is 9.58. The highest BCUT2D eigenvalue weighted by atomic mass is 79.9. The Labute approximate surface area is 135 Å². The molecule has 0 N–H and O–H groups in total. The summed E-state index contributed by atoms with van der Waals surface area (Å²) < 4.78 is 2.06. The summed E-state index contributed by atoms with van der Waals surface area (Å²) >= 11 is 10.4. The van der Waals surface area contributed by atoms with Gasteiger partial charge in [0, 0.05) is 24.0 Å². The van der Waals surface area contributed by atoms with Crippen molar-refractivity contribution in [3.05, 3.63) is 16.4 Å². The average molecular weight is 363 g/mol. The molecule has 2 rings (SSSR count). The molecular formula is C15H25BrClN3. The van der Waals surface area contributed by atoms with Gasteiger partial charge in [-0.05, 0) is 33.2 Å². The zero-order chi connectivity index (χ0) is 14.7. The van der Waals surface area contributed by atoms with Gasteiger partial charge in [0.15, 0.2) is 0 Å². The van der Waals surface area contributed by atoms with Gasteiger partial charge in [-0.1, -0.05) is 47.3 Å². The molecule has 1 aliphatic carbocycles. The van der Waals surface area contributed by atoms with E-state index in [0.717, 1.165) is 30.2 Å². The summed E-state index contributed by atoms with van der Waals surface area (Å²) in [5, 5.41) is 5.47. The predicted molar refractivity (Wildman–Crippen MR) is 88.7 cm³/mol. The van der Waals surface area contributed by atoms with Crippen LogP contribution in [0.4, 0.5) is 0 Å². The van der Waals surface area contributed by atoms with Gasteiger partial charge in [0.05, 0.1) is 16.4 Å². The molecule has 1 fully saturated rings. The third-order valence-corrected chi connectivity index (χ3v) is 5.81. The molecule has 1 aliphatic rings. The standard InChI is InChI=1S/C15H25BrClN3/c1-4-12-15(17)14(20(5-2)18-12)10-19(3)13-9-7-6-8-11(13)16/h11,13H,4-10H2,1-3H3. The molecule has 1 heterocycles. The molecule has 20 heavy (non-hydrogen) atoms. The molecule has 1 saturated carbocycles. The molecule has 0 aliphatic heterocycles. The van der Waals surface area contributed by atoms with Crippen LogP contribution < -0.4 is 0 Å². The van der Waals surface area contributed by atoms with Crippen LogP contribution in [0.1, 0.15) is 50.9 Å². The Morgan fingerprint density at radius 2 is 2.05 bits per heavy atom. The Morgan fingerprint density at radius 3 is 2.65 bits per heavy atom. The molecule has 0 amide bonds. The topological polar surface area (TPSA) is 21.1 Å². The van der Waals surface area contributed by atoms with E-state index in [2.05, 4.69) is 51.5 Å².